The van der Waals surface area contributed by atoms with Gasteiger partial charge in [0.1, 0.15) is 10.6 Å². The number of benzene rings is 1. The number of hydrogen-bond acceptors (Lipinski definition) is 5. The first-order chi connectivity index (χ1) is 14.4. The van der Waals surface area contributed by atoms with Crippen molar-refractivity contribution in [3.63, 3.8) is 0 Å². The molecule has 4 atom stereocenters. The molecule has 4 bridgehead atoms. The number of nitrogens with one attached hydrogen (secondary N) is 1. The highest BCUT2D eigenvalue weighted by Crippen LogP contribution is 2.75. The van der Waals surface area contributed by atoms with Crippen LogP contribution in [0.1, 0.15) is 50.4 Å². The Morgan fingerprint density at radius 2 is 2.03 bits per heavy atom. The molecule has 3 aliphatic rings. The summed E-state index contributed by atoms with van der Waals surface area (Å²) >= 11 is 1.36. The van der Waals surface area contributed by atoms with Crippen molar-refractivity contribution >= 4 is 28.2 Å². The molecule has 2 heterocycles. The van der Waals surface area contributed by atoms with Crippen molar-refractivity contribution in [2.24, 2.45) is 16.7 Å². The predicted molar refractivity (Wildman–Crippen MR) is 117 cm³/mol. The molecule has 30 heavy (non-hydrogen) atoms. The Kier molecular flexibility index (Phi) is 4.39. The third-order valence-corrected chi connectivity index (χ3v) is 9.04. The van der Waals surface area contributed by atoms with Gasteiger partial charge in [-0.1, -0.05) is 44.2 Å². The van der Waals surface area contributed by atoms with Crippen LogP contribution in [0, 0.1) is 16.7 Å². The molecule has 5 nitrogen and oxygen atoms in total. The van der Waals surface area contributed by atoms with E-state index in [9.17, 15) is 9.59 Å². The smallest absolute Gasteiger partial charge is 0.341 e. The summed E-state index contributed by atoms with van der Waals surface area (Å²) in [4.78, 5) is 26.5. The normalized spacial score (nSPS) is 33.6. The summed E-state index contributed by atoms with van der Waals surface area (Å²) in [5.74, 6) is -0.0144. The van der Waals surface area contributed by atoms with Gasteiger partial charge in [-0.05, 0) is 37.7 Å². The highest BCUT2D eigenvalue weighted by Gasteiger charge is 2.78. The maximum Gasteiger partial charge on any atom is 0.341 e. The van der Waals surface area contributed by atoms with E-state index in [1.54, 1.807) is 6.92 Å². The molecule has 3 fully saturated rings. The SMILES string of the molecule is CCOC(=O)c1c(-c2ccccc2)csc1NC(=O)C12CC3CCC1(C)C3(C)CO2. The van der Waals surface area contributed by atoms with Crippen LogP contribution in [0.5, 0.6) is 0 Å². The van der Waals surface area contributed by atoms with Crippen molar-refractivity contribution in [3.8, 4) is 11.1 Å². The van der Waals surface area contributed by atoms with Crippen molar-refractivity contribution in [2.75, 3.05) is 18.5 Å². The zero-order valence-electron chi connectivity index (χ0n) is 17.6. The number of esters is 1. The van der Waals surface area contributed by atoms with Crippen LogP contribution in [-0.2, 0) is 14.3 Å². The predicted octanol–water partition coefficient (Wildman–Crippen LogP) is 5.13. The molecular weight excluding hydrogens is 398 g/mol. The van der Waals surface area contributed by atoms with Crippen LogP contribution in [0.3, 0.4) is 0 Å². The zero-order valence-corrected chi connectivity index (χ0v) is 18.4. The van der Waals surface area contributed by atoms with Gasteiger partial charge in [0, 0.05) is 21.8 Å². The van der Waals surface area contributed by atoms with Gasteiger partial charge in [-0.15, -0.1) is 11.3 Å². The van der Waals surface area contributed by atoms with Crippen LogP contribution in [0.25, 0.3) is 11.1 Å². The van der Waals surface area contributed by atoms with Gasteiger partial charge in [0.25, 0.3) is 5.91 Å². The van der Waals surface area contributed by atoms with E-state index in [4.69, 9.17) is 9.47 Å². The van der Waals surface area contributed by atoms with Crippen molar-refractivity contribution in [3.05, 3.63) is 41.3 Å². The molecule has 2 aromatic rings. The van der Waals surface area contributed by atoms with Crippen molar-refractivity contribution in [2.45, 2.75) is 45.6 Å². The second-order valence-corrected chi connectivity index (χ2v) is 10.1. The van der Waals surface area contributed by atoms with Gasteiger partial charge in [-0.25, -0.2) is 4.79 Å². The van der Waals surface area contributed by atoms with E-state index >= 15 is 0 Å². The average Bonchev–Trinajstić information content (AvgIpc) is 3.39. The zero-order chi connectivity index (χ0) is 21.1. The Labute approximate surface area is 180 Å². The minimum atomic E-state index is -0.812. The summed E-state index contributed by atoms with van der Waals surface area (Å²) in [7, 11) is 0. The lowest BCUT2D eigenvalue weighted by atomic mass is 9.66. The highest BCUT2D eigenvalue weighted by atomic mass is 32.1. The standard InChI is InChI=1S/C24H27NO4S/c1-4-28-20(26)18-17(15-8-6-5-7-9-15)13-30-19(18)25-21(27)24-12-16-10-11-23(24,3)22(16,2)14-29-24/h5-9,13,16H,4,10-12,14H2,1-3H3,(H,25,27). The minimum Gasteiger partial charge on any atom is -0.462 e. The largest absolute Gasteiger partial charge is 0.462 e. The van der Waals surface area contributed by atoms with Crippen molar-refractivity contribution in [1.29, 1.82) is 0 Å². The second-order valence-electron chi connectivity index (χ2n) is 9.20. The number of amides is 1. The van der Waals surface area contributed by atoms with Gasteiger partial charge in [-0.2, -0.15) is 0 Å². The first-order valence-electron chi connectivity index (χ1n) is 10.7. The van der Waals surface area contributed by atoms with E-state index in [1.165, 1.54) is 11.3 Å². The Balaban J connectivity index is 1.51. The quantitative estimate of drug-likeness (QED) is 0.675. The summed E-state index contributed by atoms with van der Waals surface area (Å²) in [6, 6.07) is 9.71. The molecule has 1 aliphatic heterocycles. The summed E-state index contributed by atoms with van der Waals surface area (Å²) in [6.07, 6.45) is 2.93. The molecule has 1 aromatic carbocycles. The Hall–Kier alpha value is -2.18. The maximum atomic E-state index is 13.6. The molecule has 0 spiro atoms. The van der Waals surface area contributed by atoms with Gasteiger partial charge >= 0.3 is 5.97 Å². The van der Waals surface area contributed by atoms with Crippen molar-refractivity contribution < 1.29 is 19.1 Å². The number of anilines is 1. The maximum absolute atomic E-state index is 13.6. The van der Waals surface area contributed by atoms with E-state index in [-0.39, 0.29) is 23.3 Å². The third-order valence-electron chi connectivity index (χ3n) is 8.15. The van der Waals surface area contributed by atoms with Crippen LogP contribution >= 0.6 is 11.3 Å². The van der Waals surface area contributed by atoms with Crippen LogP contribution in [0.15, 0.2) is 35.7 Å². The Morgan fingerprint density at radius 1 is 1.27 bits per heavy atom. The van der Waals surface area contributed by atoms with E-state index in [1.807, 2.05) is 35.7 Å². The molecule has 158 valence electrons. The molecule has 1 N–H and O–H groups in total. The lowest BCUT2D eigenvalue weighted by Crippen LogP contribution is -2.52. The summed E-state index contributed by atoms with van der Waals surface area (Å²) in [5, 5.41) is 5.53. The van der Waals surface area contributed by atoms with Crippen LogP contribution in [-0.4, -0.2) is 30.7 Å². The van der Waals surface area contributed by atoms with Crippen molar-refractivity contribution in [1.82, 2.24) is 0 Å². The highest BCUT2D eigenvalue weighted by molar-refractivity contribution is 7.15. The first-order valence-corrected chi connectivity index (χ1v) is 11.5. The number of ether oxygens (including phenoxy) is 2. The van der Waals surface area contributed by atoms with E-state index in [0.717, 1.165) is 30.4 Å². The fourth-order valence-corrected chi connectivity index (χ4v) is 7.10. The van der Waals surface area contributed by atoms with Crippen LogP contribution in [0.4, 0.5) is 5.00 Å². The Morgan fingerprint density at radius 3 is 2.70 bits per heavy atom. The lowest BCUT2D eigenvalue weighted by Gasteiger charge is -2.39. The average molecular weight is 426 g/mol. The van der Waals surface area contributed by atoms with E-state index < -0.39 is 11.6 Å². The summed E-state index contributed by atoms with van der Waals surface area (Å²) < 4.78 is 11.6. The molecule has 1 amide bonds. The van der Waals surface area contributed by atoms with E-state index in [2.05, 4.69) is 19.2 Å². The molecule has 1 saturated heterocycles. The fourth-order valence-electron chi connectivity index (χ4n) is 6.15. The molecule has 5 rings (SSSR count). The number of hydrogen-bond donors (Lipinski definition) is 1. The number of rotatable bonds is 5. The van der Waals surface area contributed by atoms with Crippen LogP contribution < -0.4 is 5.32 Å². The minimum absolute atomic E-state index is 0.0545. The van der Waals surface area contributed by atoms with Gasteiger partial charge in [-0.3, -0.25) is 4.79 Å². The molecule has 6 heteroatoms. The Bertz CT molecular complexity index is 1020. The van der Waals surface area contributed by atoms with Gasteiger partial charge in [0.15, 0.2) is 5.60 Å². The monoisotopic (exact) mass is 425 g/mol. The molecule has 1 aromatic heterocycles. The number of thiophene rings is 1. The topological polar surface area (TPSA) is 64.6 Å². The third kappa shape index (κ3) is 2.38. The molecular formula is C24H27NO4S. The van der Waals surface area contributed by atoms with E-state index in [0.29, 0.717) is 23.1 Å². The summed E-state index contributed by atoms with van der Waals surface area (Å²) in [5.41, 5.74) is 1.20. The molecule has 2 saturated carbocycles. The molecule has 0 radical (unpaired) electrons. The van der Waals surface area contributed by atoms with Crippen LogP contribution in [0.2, 0.25) is 0 Å². The van der Waals surface area contributed by atoms with Gasteiger partial charge in [0.05, 0.1) is 13.2 Å². The van der Waals surface area contributed by atoms with Gasteiger partial charge < -0.3 is 14.8 Å². The fraction of sp³-hybridized carbons (Fsp3) is 0.500. The number of carbonyl (C=O) groups is 2. The van der Waals surface area contributed by atoms with Gasteiger partial charge in [0.2, 0.25) is 0 Å². The first kappa shape index (κ1) is 19.8. The molecule has 4 unspecified atom stereocenters. The number of carbonyl (C=O) groups excluding carboxylic acids is 2. The molecule has 2 aliphatic carbocycles. The summed E-state index contributed by atoms with van der Waals surface area (Å²) in [6.45, 7) is 7.18. The second kappa shape index (κ2) is 6.66. The lowest BCUT2D eigenvalue weighted by molar-refractivity contribution is -0.149.